The van der Waals surface area contributed by atoms with Gasteiger partial charge < -0.3 is 9.41 Å². The minimum Gasteiger partial charge on any atom is -0.412 e. The van der Waals surface area contributed by atoms with Crippen molar-refractivity contribution in [1.29, 1.82) is 0 Å². The van der Waals surface area contributed by atoms with Gasteiger partial charge in [-0.15, -0.1) is 0 Å². The number of hydrogen-bond donors (Lipinski definition) is 1. The van der Waals surface area contributed by atoms with E-state index in [1.165, 1.54) is 5.56 Å². The second-order valence-corrected chi connectivity index (χ2v) is 9.67. The number of benzene rings is 1. The van der Waals surface area contributed by atoms with Crippen LogP contribution in [-0.2, 0) is 4.43 Å². The summed E-state index contributed by atoms with van der Waals surface area (Å²) in [5.74, 6) is 0. The van der Waals surface area contributed by atoms with Gasteiger partial charge in [-0.05, 0) is 36.9 Å². The van der Waals surface area contributed by atoms with Gasteiger partial charge in [0.05, 0.1) is 23.8 Å². The van der Waals surface area contributed by atoms with Crippen LogP contribution in [0.1, 0.15) is 45.4 Å². The second-order valence-electron chi connectivity index (χ2n) is 7.30. The van der Waals surface area contributed by atoms with Gasteiger partial charge in [-0.1, -0.05) is 51.1 Å². The summed E-state index contributed by atoms with van der Waals surface area (Å²) < 4.78 is 6.31. The average Bonchev–Trinajstić information content (AvgIpc) is 2.92. The molecule has 1 unspecified atom stereocenters. The molecular weight excluding hydrogens is 288 g/mol. The summed E-state index contributed by atoms with van der Waals surface area (Å²) in [6.07, 6.45) is 4.01. The van der Waals surface area contributed by atoms with E-state index < -0.39 is 9.04 Å². The lowest BCUT2D eigenvalue weighted by Crippen LogP contribution is -2.17. The molecule has 0 amide bonds. The number of nitrogens with one attached hydrogen (secondary N) is 1. The van der Waals surface area contributed by atoms with E-state index in [9.17, 15) is 0 Å². The highest BCUT2D eigenvalue weighted by Gasteiger charge is 2.23. The van der Waals surface area contributed by atoms with Gasteiger partial charge in [-0.3, -0.25) is 0 Å². The molecule has 120 valence electrons. The summed E-state index contributed by atoms with van der Waals surface area (Å²) in [7, 11) is -1.13. The van der Waals surface area contributed by atoms with E-state index in [0.717, 1.165) is 24.2 Å². The molecule has 0 bridgehead atoms. The van der Waals surface area contributed by atoms with E-state index >= 15 is 0 Å². The highest BCUT2D eigenvalue weighted by atomic mass is 28.3. The molecule has 1 N–H and O–H groups in total. The maximum absolute atomic E-state index is 6.31. The van der Waals surface area contributed by atoms with E-state index in [-0.39, 0.29) is 6.10 Å². The smallest absolute Gasteiger partial charge is 0.171 e. The van der Waals surface area contributed by atoms with E-state index in [0.29, 0.717) is 5.41 Å². The topological polar surface area (TPSA) is 37.9 Å². The van der Waals surface area contributed by atoms with Gasteiger partial charge >= 0.3 is 0 Å². The number of aromatic amines is 1. The quantitative estimate of drug-likeness (QED) is 0.766. The lowest BCUT2D eigenvalue weighted by Gasteiger charge is -2.25. The van der Waals surface area contributed by atoms with Crippen LogP contribution in [0.25, 0.3) is 11.3 Å². The molecule has 0 radical (unpaired) electrons. The van der Waals surface area contributed by atoms with Gasteiger partial charge in [0, 0.05) is 0 Å². The van der Waals surface area contributed by atoms with Crippen LogP contribution < -0.4 is 0 Å². The largest absolute Gasteiger partial charge is 0.412 e. The first-order valence-electron chi connectivity index (χ1n) is 8.11. The molecule has 1 atom stereocenters. The van der Waals surface area contributed by atoms with E-state index in [2.05, 4.69) is 68.1 Å². The fourth-order valence-corrected chi connectivity index (χ4v) is 3.47. The lowest BCUT2D eigenvalue weighted by molar-refractivity contribution is 0.170. The van der Waals surface area contributed by atoms with Crippen LogP contribution in [0.15, 0.2) is 36.7 Å². The number of aromatic nitrogens is 2. The number of rotatable bonds is 6. The third-order valence-electron chi connectivity index (χ3n) is 3.63. The number of H-pyrrole nitrogens is 1. The van der Waals surface area contributed by atoms with Crippen molar-refractivity contribution in [3.8, 4) is 11.3 Å². The molecule has 1 aromatic heterocycles. The molecule has 3 nitrogen and oxygen atoms in total. The van der Waals surface area contributed by atoms with Crippen LogP contribution in [0.4, 0.5) is 0 Å². The molecule has 0 aliphatic heterocycles. The average molecular weight is 317 g/mol. The van der Waals surface area contributed by atoms with Crippen molar-refractivity contribution in [2.24, 2.45) is 5.41 Å². The Morgan fingerprint density at radius 3 is 2.45 bits per heavy atom. The third-order valence-corrected chi connectivity index (χ3v) is 4.50. The normalized spacial score (nSPS) is 13.5. The van der Waals surface area contributed by atoms with Crippen LogP contribution in [0.5, 0.6) is 0 Å². The Morgan fingerprint density at radius 2 is 1.86 bits per heavy atom. The Labute approximate surface area is 135 Å². The zero-order chi connectivity index (χ0) is 16.2. The maximum atomic E-state index is 6.31. The van der Waals surface area contributed by atoms with E-state index in [1.807, 2.05) is 6.07 Å². The predicted molar refractivity (Wildman–Crippen MR) is 95.4 cm³/mol. The maximum Gasteiger partial charge on any atom is 0.171 e. The lowest BCUT2D eigenvalue weighted by atomic mass is 9.88. The first kappa shape index (κ1) is 17.0. The number of hydrogen-bond acceptors (Lipinski definition) is 2. The number of nitrogens with zero attached hydrogens (tertiary/aromatic N) is 1. The van der Waals surface area contributed by atoms with Gasteiger partial charge in [0.25, 0.3) is 0 Å². The highest BCUT2D eigenvalue weighted by Crippen LogP contribution is 2.33. The van der Waals surface area contributed by atoms with Crippen LogP contribution in [-0.4, -0.2) is 19.0 Å². The third kappa shape index (κ3) is 4.82. The molecule has 0 spiro atoms. The van der Waals surface area contributed by atoms with E-state index in [4.69, 9.17) is 4.43 Å². The minimum absolute atomic E-state index is 0.0901. The van der Waals surface area contributed by atoms with Gasteiger partial charge in [0.15, 0.2) is 9.04 Å². The van der Waals surface area contributed by atoms with Gasteiger partial charge in [-0.2, -0.15) is 0 Å². The molecule has 0 aliphatic rings. The Morgan fingerprint density at radius 1 is 1.18 bits per heavy atom. The fourth-order valence-electron chi connectivity index (χ4n) is 2.55. The van der Waals surface area contributed by atoms with Crippen LogP contribution in [0.2, 0.25) is 13.1 Å². The van der Waals surface area contributed by atoms with Crippen molar-refractivity contribution in [2.75, 3.05) is 0 Å². The van der Waals surface area contributed by atoms with Crippen molar-refractivity contribution >= 4 is 9.04 Å². The van der Waals surface area contributed by atoms with Crippen molar-refractivity contribution in [2.45, 2.75) is 52.8 Å². The molecular formula is C18H28N2OSi. The highest BCUT2D eigenvalue weighted by molar-refractivity contribution is 6.48. The molecule has 0 aliphatic carbocycles. The predicted octanol–water partition coefficient (Wildman–Crippen LogP) is 4.94. The van der Waals surface area contributed by atoms with Crippen molar-refractivity contribution < 1.29 is 4.43 Å². The Hall–Kier alpha value is -1.39. The molecule has 1 heterocycles. The first-order chi connectivity index (χ1) is 10.4. The standard InChI is InChI=1S/C18H28N2OSi/c1-18(2,3)12-11-15(21-22(4)5)17-16(19-13-20-17)14-9-7-6-8-10-14/h6-10,13,15,22H,11-12H2,1-5H3,(H,19,20). The fraction of sp³-hybridized carbons (Fsp3) is 0.500. The first-order valence-corrected chi connectivity index (χ1v) is 10.9. The summed E-state index contributed by atoms with van der Waals surface area (Å²) in [5, 5.41) is 0. The Kier molecular flexibility index (Phi) is 5.59. The monoisotopic (exact) mass is 316 g/mol. The zero-order valence-corrected chi connectivity index (χ0v) is 15.5. The summed E-state index contributed by atoms with van der Waals surface area (Å²) in [6.45, 7) is 11.3. The zero-order valence-electron chi connectivity index (χ0n) is 14.4. The molecule has 2 rings (SSSR count). The van der Waals surface area contributed by atoms with Crippen LogP contribution in [0, 0.1) is 5.41 Å². The van der Waals surface area contributed by atoms with Crippen molar-refractivity contribution in [1.82, 2.24) is 9.97 Å². The van der Waals surface area contributed by atoms with Gasteiger partial charge in [-0.25, -0.2) is 4.98 Å². The second kappa shape index (κ2) is 7.25. The van der Waals surface area contributed by atoms with Crippen molar-refractivity contribution in [3.63, 3.8) is 0 Å². The molecule has 2 aromatic rings. The summed E-state index contributed by atoms with van der Waals surface area (Å²) in [6, 6.07) is 10.4. The van der Waals surface area contributed by atoms with Gasteiger partial charge in [0.1, 0.15) is 0 Å². The number of imidazole rings is 1. The molecule has 0 saturated heterocycles. The Bertz CT molecular complexity index is 572. The summed E-state index contributed by atoms with van der Waals surface area (Å²) >= 11 is 0. The van der Waals surface area contributed by atoms with Crippen LogP contribution >= 0.6 is 0 Å². The molecule has 22 heavy (non-hydrogen) atoms. The minimum atomic E-state index is -1.13. The molecule has 1 aromatic carbocycles. The summed E-state index contributed by atoms with van der Waals surface area (Å²) in [4.78, 5) is 7.89. The van der Waals surface area contributed by atoms with Gasteiger partial charge in [0.2, 0.25) is 0 Å². The molecule has 0 saturated carbocycles. The van der Waals surface area contributed by atoms with Crippen LogP contribution in [0.3, 0.4) is 0 Å². The molecule has 0 fully saturated rings. The molecule has 4 heteroatoms. The Balaban J connectivity index is 2.26. The SMILES string of the molecule is C[SiH](C)OC(CCC(C)(C)C)c1nc[nH]c1-c1ccccc1. The van der Waals surface area contributed by atoms with E-state index in [1.54, 1.807) is 6.33 Å². The summed E-state index contributed by atoms with van der Waals surface area (Å²) in [5.41, 5.74) is 3.62. The van der Waals surface area contributed by atoms with Crippen molar-refractivity contribution in [3.05, 3.63) is 42.4 Å².